The molecule has 3 aromatic rings. The van der Waals surface area contributed by atoms with Gasteiger partial charge in [-0.25, -0.2) is 0 Å². The number of aliphatic hydroxyl groups is 1. The first-order valence-electron chi connectivity index (χ1n) is 10.6. The maximum Gasteiger partial charge on any atom is 0.295 e. The minimum absolute atomic E-state index is 0.0532. The lowest BCUT2D eigenvalue weighted by Crippen LogP contribution is -2.29. The first-order chi connectivity index (χ1) is 15.9. The number of rotatable bonds is 4. The molecule has 0 saturated carbocycles. The summed E-state index contributed by atoms with van der Waals surface area (Å²) in [5.74, 6) is -0.808. The van der Waals surface area contributed by atoms with Gasteiger partial charge in [0.05, 0.1) is 11.6 Å². The number of pyridine rings is 1. The molecule has 7 heteroatoms. The van der Waals surface area contributed by atoms with Gasteiger partial charge in [-0.1, -0.05) is 23.7 Å². The number of ether oxygens (including phenoxy) is 1. The lowest BCUT2D eigenvalue weighted by atomic mass is 9.94. The summed E-state index contributed by atoms with van der Waals surface area (Å²) in [6.07, 6.45) is 4.04. The summed E-state index contributed by atoms with van der Waals surface area (Å²) in [7, 11) is 0. The molecule has 0 aliphatic carbocycles. The SMILES string of the molecule is CC1Cc2cc(C(O)=C3C(=O)C(=O)N(Cc4ccncc4)C3c3ccc(Cl)cc3)ccc2O1. The average Bonchev–Trinajstić information content (AvgIpc) is 3.31. The van der Waals surface area contributed by atoms with Crippen LogP contribution in [-0.2, 0) is 22.6 Å². The van der Waals surface area contributed by atoms with Gasteiger partial charge in [-0.3, -0.25) is 14.6 Å². The van der Waals surface area contributed by atoms with Crippen molar-refractivity contribution in [3.8, 4) is 5.75 Å². The van der Waals surface area contributed by atoms with Gasteiger partial charge in [-0.15, -0.1) is 0 Å². The predicted molar refractivity (Wildman–Crippen MR) is 124 cm³/mol. The Morgan fingerprint density at radius 2 is 1.85 bits per heavy atom. The van der Waals surface area contributed by atoms with Crippen molar-refractivity contribution in [2.45, 2.75) is 32.0 Å². The number of fused-ring (bicyclic) bond motifs is 1. The number of benzene rings is 2. The lowest BCUT2D eigenvalue weighted by molar-refractivity contribution is -0.140. The van der Waals surface area contributed by atoms with Gasteiger partial charge < -0.3 is 14.7 Å². The van der Waals surface area contributed by atoms with Gasteiger partial charge in [-0.2, -0.15) is 0 Å². The first-order valence-corrected chi connectivity index (χ1v) is 11.0. The number of hydrogen-bond donors (Lipinski definition) is 1. The first kappa shape index (κ1) is 21.2. The van der Waals surface area contributed by atoms with E-state index in [1.165, 1.54) is 4.90 Å². The van der Waals surface area contributed by atoms with Crippen LogP contribution in [0.3, 0.4) is 0 Å². The van der Waals surface area contributed by atoms with Crippen molar-refractivity contribution in [3.63, 3.8) is 0 Å². The van der Waals surface area contributed by atoms with E-state index >= 15 is 0 Å². The summed E-state index contributed by atoms with van der Waals surface area (Å²) < 4.78 is 5.75. The number of nitrogens with zero attached hydrogens (tertiary/aromatic N) is 2. The minimum Gasteiger partial charge on any atom is -0.507 e. The number of aliphatic hydroxyl groups excluding tert-OH is 1. The van der Waals surface area contributed by atoms with Gasteiger partial charge in [0.15, 0.2) is 0 Å². The molecule has 1 fully saturated rings. The van der Waals surface area contributed by atoms with Crippen LogP contribution < -0.4 is 4.74 Å². The lowest BCUT2D eigenvalue weighted by Gasteiger charge is -2.25. The van der Waals surface area contributed by atoms with Crippen LogP contribution in [0.1, 0.15) is 35.2 Å². The summed E-state index contributed by atoms with van der Waals surface area (Å²) in [6, 6.07) is 15.1. The van der Waals surface area contributed by atoms with Crippen LogP contribution in [0.2, 0.25) is 5.02 Å². The summed E-state index contributed by atoms with van der Waals surface area (Å²) in [5.41, 5.74) is 3.01. The summed E-state index contributed by atoms with van der Waals surface area (Å²) in [5, 5.41) is 11.8. The van der Waals surface area contributed by atoms with Gasteiger partial charge in [0.2, 0.25) is 0 Å². The second kappa shape index (κ2) is 8.37. The largest absolute Gasteiger partial charge is 0.507 e. The molecule has 2 aromatic carbocycles. The molecule has 2 aliphatic rings. The van der Waals surface area contributed by atoms with Crippen molar-refractivity contribution < 1.29 is 19.4 Å². The molecule has 5 rings (SSSR count). The number of likely N-dealkylation sites (tertiary alicyclic amines) is 1. The Hall–Kier alpha value is -3.64. The van der Waals surface area contributed by atoms with Crippen molar-refractivity contribution in [3.05, 3.63) is 99.8 Å². The molecular formula is C26H21ClN2O4. The van der Waals surface area contributed by atoms with Gasteiger partial charge in [0, 0.05) is 35.9 Å². The van der Waals surface area contributed by atoms with E-state index in [4.69, 9.17) is 16.3 Å². The smallest absolute Gasteiger partial charge is 0.295 e. The highest BCUT2D eigenvalue weighted by molar-refractivity contribution is 6.46. The number of ketones is 1. The highest BCUT2D eigenvalue weighted by Crippen LogP contribution is 2.41. The molecule has 0 radical (unpaired) electrons. The Labute approximate surface area is 196 Å². The van der Waals surface area contributed by atoms with E-state index < -0.39 is 17.7 Å². The zero-order valence-electron chi connectivity index (χ0n) is 17.9. The standard InChI is InChI=1S/C26H21ClN2O4/c1-15-12-19-13-18(4-7-21(19)33-15)24(30)22-23(17-2-5-20(27)6-3-17)29(26(32)25(22)31)14-16-8-10-28-11-9-16/h2-11,13,15,23,30H,12,14H2,1H3. The maximum absolute atomic E-state index is 13.2. The second-order valence-electron chi connectivity index (χ2n) is 8.29. The van der Waals surface area contributed by atoms with Gasteiger partial charge >= 0.3 is 0 Å². The van der Waals surface area contributed by atoms with Gasteiger partial charge in [-0.05, 0) is 66.1 Å². The van der Waals surface area contributed by atoms with Crippen LogP contribution in [0, 0.1) is 0 Å². The minimum atomic E-state index is -0.751. The molecule has 0 spiro atoms. The van der Waals surface area contributed by atoms with Crippen LogP contribution in [0.5, 0.6) is 5.75 Å². The molecule has 3 heterocycles. The molecule has 0 bridgehead atoms. The molecule has 6 nitrogen and oxygen atoms in total. The fourth-order valence-corrected chi connectivity index (χ4v) is 4.57. The van der Waals surface area contributed by atoms with E-state index in [-0.39, 0.29) is 24.0 Å². The number of halogens is 1. The molecule has 2 atom stereocenters. The molecule has 2 unspecified atom stereocenters. The van der Waals surface area contributed by atoms with Gasteiger partial charge in [0.25, 0.3) is 11.7 Å². The van der Waals surface area contributed by atoms with Gasteiger partial charge in [0.1, 0.15) is 17.6 Å². The Morgan fingerprint density at radius 3 is 2.58 bits per heavy atom. The van der Waals surface area contributed by atoms with Crippen molar-refractivity contribution in [1.29, 1.82) is 0 Å². The molecule has 1 N–H and O–H groups in total. The zero-order valence-corrected chi connectivity index (χ0v) is 18.6. The van der Waals surface area contributed by atoms with E-state index in [1.54, 1.807) is 60.9 Å². The van der Waals surface area contributed by atoms with Crippen molar-refractivity contribution in [1.82, 2.24) is 9.88 Å². The molecule has 1 aromatic heterocycles. The van der Waals surface area contributed by atoms with Crippen molar-refractivity contribution in [2.24, 2.45) is 0 Å². The number of aromatic nitrogens is 1. The van der Waals surface area contributed by atoms with Crippen LogP contribution in [-0.4, -0.2) is 32.8 Å². The van der Waals surface area contributed by atoms with E-state index in [0.29, 0.717) is 22.6 Å². The molecule has 2 aliphatic heterocycles. The molecule has 1 saturated heterocycles. The summed E-state index contributed by atoms with van der Waals surface area (Å²) in [6.45, 7) is 2.18. The van der Waals surface area contributed by atoms with Crippen LogP contribution >= 0.6 is 11.6 Å². The fraction of sp³-hybridized carbons (Fsp3) is 0.192. The third kappa shape index (κ3) is 3.87. The monoisotopic (exact) mass is 460 g/mol. The average molecular weight is 461 g/mol. The normalized spacial score (nSPS) is 21.2. The van der Waals surface area contributed by atoms with E-state index in [0.717, 1.165) is 16.9 Å². The molecule has 33 heavy (non-hydrogen) atoms. The number of carbonyl (C=O) groups excluding carboxylic acids is 2. The van der Waals surface area contributed by atoms with Crippen LogP contribution in [0.4, 0.5) is 0 Å². The molecule has 1 amide bonds. The summed E-state index contributed by atoms with van der Waals surface area (Å²) in [4.78, 5) is 31.8. The van der Waals surface area contributed by atoms with Crippen molar-refractivity contribution >= 4 is 29.1 Å². The number of carbonyl (C=O) groups is 2. The Bertz CT molecular complexity index is 1270. The zero-order chi connectivity index (χ0) is 23.1. The third-order valence-electron chi connectivity index (χ3n) is 6.00. The second-order valence-corrected chi connectivity index (χ2v) is 8.73. The molecule has 166 valence electrons. The van der Waals surface area contributed by atoms with E-state index in [2.05, 4.69) is 4.98 Å². The Kier molecular flexibility index (Phi) is 5.38. The van der Waals surface area contributed by atoms with E-state index in [9.17, 15) is 14.7 Å². The fourth-order valence-electron chi connectivity index (χ4n) is 4.44. The third-order valence-corrected chi connectivity index (χ3v) is 6.25. The number of hydrogen-bond acceptors (Lipinski definition) is 5. The van der Waals surface area contributed by atoms with Crippen LogP contribution in [0.25, 0.3) is 5.76 Å². The Morgan fingerprint density at radius 1 is 1.12 bits per heavy atom. The molecular weight excluding hydrogens is 440 g/mol. The quantitative estimate of drug-likeness (QED) is 0.347. The maximum atomic E-state index is 13.2. The van der Waals surface area contributed by atoms with Crippen molar-refractivity contribution in [2.75, 3.05) is 0 Å². The Balaban J connectivity index is 1.62. The van der Waals surface area contributed by atoms with Crippen LogP contribution in [0.15, 0.2) is 72.6 Å². The highest BCUT2D eigenvalue weighted by Gasteiger charge is 2.46. The summed E-state index contributed by atoms with van der Waals surface area (Å²) >= 11 is 6.07. The number of Topliss-reactive ketones (excluding diaryl/α,β-unsaturated/α-hetero) is 1. The highest BCUT2D eigenvalue weighted by atomic mass is 35.5. The number of amides is 1. The predicted octanol–water partition coefficient (Wildman–Crippen LogP) is 4.68. The topological polar surface area (TPSA) is 79.7 Å². The van der Waals surface area contributed by atoms with E-state index in [1.807, 2.05) is 13.0 Å².